The molecule has 2 heterocycles. The van der Waals surface area contributed by atoms with Crippen LogP contribution in [0.5, 0.6) is 0 Å². The predicted molar refractivity (Wildman–Crippen MR) is 96.4 cm³/mol. The number of hydrogen-bond acceptors (Lipinski definition) is 3. The molecule has 4 nitrogen and oxygen atoms in total. The summed E-state index contributed by atoms with van der Waals surface area (Å²) in [6, 6.07) is 17.8. The zero-order valence-corrected chi connectivity index (χ0v) is 13.3. The molecular formula is C20H19N3O. The smallest absolute Gasteiger partial charge is 0.274 e. The van der Waals surface area contributed by atoms with E-state index in [2.05, 4.69) is 27.8 Å². The third-order valence-corrected chi connectivity index (χ3v) is 4.59. The van der Waals surface area contributed by atoms with Crippen molar-refractivity contribution in [2.24, 2.45) is 0 Å². The minimum Gasteiger partial charge on any atom is -0.321 e. The first kappa shape index (κ1) is 14.8. The van der Waals surface area contributed by atoms with E-state index in [1.165, 1.54) is 12.0 Å². The molecule has 24 heavy (non-hydrogen) atoms. The summed E-state index contributed by atoms with van der Waals surface area (Å²) in [6.07, 6.45) is 2.85. The van der Waals surface area contributed by atoms with Crippen molar-refractivity contribution in [3.63, 3.8) is 0 Å². The number of carbonyl (C=O) groups is 1. The summed E-state index contributed by atoms with van der Waals surface area (Å²) in [6.45, 7) is 2.11. The Morgan fingerprint density at radius 1 is 1.08 bits per heavy atom. The second-order valence-electron chi connectivity index (χ2n) is 6.15. The summed E-state index contributed by atoms with van der Waals surface area (Å²) in [5.74, 6) is 0.400. The number of aromatic nitrogens is 1. The fraction of sp³-hybridized carbons (Fsp3) is 0.200. The van der Waals surface area contributed by atoms with Crippen molar-refractivity contribution >= 4 is 22.4 Å². The van der Waals surface area contributed by atoms with E-state index in [4.69, 9.17) is 0 Å². The van der Waals surface area contributed by atoms with Gasteiger partial charge in [0.1, 0.15) is 5.69 Å². The van der Waals surface area contributed by atoms with Gasteiger partial charge in [-0.1, -0.05) is 36.4 Å². The maximum atomic E-state index is 12.6. The van der Waals surface area contributed by atoms with E-state index in [0.29, 0.717) is 11.6 Å². The number of hydrogen-bond donors (Lipinski definition) is 2. The Morgan fingerprint density at radius 3 is 2.71 bits per heavy atom. The van der Waals surface area contributed by atoms with Crippen LogP contribution in [0.2, 0.25) is 0 Å². The monoisotopic (exact) mass is 317 g/mol. The summed E-state index contributed by atoms with van der Waals surface area (Å²) < 4.78 is 0. The highest BCUT2D eigenvalue weighted by molar-refractivity contribution is 6.11. The summed E-state index contributed by atoms with van der Waals surface area (Å²) in [4.78, 5) is 16.8. The van der Waals surface area contributed by atoms with E-state index >= 15 is 0 Å². The van der Waals surface area contributed by atoms with Gasteiger partial charge in [-0.25, -0.2) is 0 Å². The molecule has 2 aromatic carbocycles. The standard InChI is InChI=1S/C20H19N3O/c24-20(19-18-4-2-1-3-15(18)10-12-22-19)23-17-7-5-14(6-8-17)16-9-11-21-13-16/h1-8,10,12,16,21H,9,11,13H2,(H,23,24). The van der Waals surface area contributed by atoms with Crippen molar-refractivity contribution in [1.29, 1.82) is 0 Å². The van der Waals surface area contributed by atoms with Gasteiger partial charge in [-0.05, 0) is 48.0 Å². The lowest BCUT2D eigenvalue weighted by atomic mass is 9.98. The number of rotatable bonds is 3. The number of anilines is 1. The van der Waals surface area contributed by atoms with Gasteiger partial charge in [0, 0.05) is 23.8 Å². The van der Waals surface area contributed by atoms with Crippen molar-refractivity contribution in [2.45, 2.75) is 12.3 Å². The summed E-state index contributed by atoms with van der Waals surface area (Å²) >= 11 is 0. The van der Waals surface area contributed by atoms with Gasteiger partial charge in [-0.15, -0.1) is 0 Å². The van der Waals surface area contributed by atoms with Crippen LogP contribution in [-0.2, 0) is 0 Å². The molecule has 3 aromatic rings. The van der Waals surface area contributed by atoms with Crippen LogP contribution in [0.25, 0.3) is 10.8 Å². The highest BCUT2D eigenvalue weighted by Crippen LogP contribution is 2.24. The van der Waals surface area contributed by atoms with E-state index in [1.54, 1.807) is 6.20 Å². The number of pyridine rings is 1. The Bertz CT molecular complexity index is 862. The van der Waals surface area contributed by atoms with Crippen LogP contribution in [0.4, 0.5) is 5.69 Å². The molecule has 1 aliphatic rings. The minimum atomic E-state index is -0.179. The Hall–Kier alpha value is -2.72. The molecular weight excluding hydrogens is 298 g/mol. The molecule has 120 valence electrons. The summed E-state index contributed by atoms with van der Waals surface area (Å²) in [5.41, 5.74) is 2.57. The number of nitrogens with zero attached hydrogens (tertiary/aromatic N) is 1. The average Bonchev–Trinajstić information content (AvgIpc) is 3.16. The second-order valence-corrected chi connectivity index (χ2v) is 6.15. The largest absolute Gasteiger partial charge is 0.321 e. The molecule has 1 fully saturated rings. The molecule has 4 rings (SSSR count). The number of amides is 1. The van der Waals surface area contributed by atoms with Gasteiger partial charge in [-0.3, -0.25) is 9.78 Å². The molecule has 0 bridgehead atoms. The van der Waals surface area contributed by atoms with Gasteiger partial charge >= 0.3 is 0 Å². The zero-order chi connectivity index (χ0) is 16.4. The molecule has 1 unspecified atom stereocenters. The molecule has 4 heteroatoms. The highest BCUT2D eigenvalue weighted by atomic mass is 16.1. The van der Waals surface area contributed by atoms with Gasteiger partial charge in [-0.2, -0.15) is 0 Å². The minimum absolute atomic E-state index is 0.179. The van der Waals surface area contributed by atoms with E-state index in [1.807, 2.05) is 42.5 Å². The lowest BCUT2D eigenvalue weighted by molar-refractivity contribution is 0.102. The van der Waals surface area contributed by atoms with Gasteiger partial charge in [0.2, 0.25) is 0 Å². The lowest BCUT2D eigenvalue weighted by Crippen LogP contribution is -2.14. The zero-order valence-electron chi connectivity index (χ0n) is 13.3. The first-order valence-electron chi connectivity index (χ1n) is 8.27. The van der Waals surface area contributed by atoms with Crippen molar-refractivity contribution in [3.8, 4) is 0 Å². The molecule has 1 aliphatic heterocycles. The number of nitrogens with one attached hydrogen (secondary N) is 2. The summed E-state index contributed by atoms with van der Waals surface area (Å²) in [5, 5.41) is 8.21. The maximum absolute atomic E-state index is 12.6. The molecule has 0 spiro atoms. The first-order valence-corrected chi connectivity index (χ1v) is 8.27. The molecule has 1 saturated heterocycles. The topological polar surface area (TPSA) is 54.0 Å². The normalized spacial score (nSPS) is 17.1. The van der Waals surface area contributed by atoms with E-state index < -0.39 is 0 Å². The van der Waals surface area contributed by atoms with Crippen LogP contribution in [-0.4, -0.2) is 24.0 Å². The SMILES string of the molecule is O=C(Nc1ccc(C2CCNC2)cc1)c1nccc2ccccc12. The van der Waals surface area contributed by atoms with Crippen LogP contribution in [0.3, 0.4) is 0 Å². The fourth-order valence-electron chi connectivity index (χ4n) is 3.27. The van der Waals surface area contributed by atoms with E-state index in [0.717, 1.165) is 29.5 Å². The molecule has 1 amide bonds. The first-order chi connectivity index (χ1) is 11.8. The third kappa shape index (κ3) is 2.88. The number of fused-ring (bicyclic) bond motifs is 1. The van der Waals surface area contributed by atoms with Crippen molar-refractivity contribution in [3.05, 3.63) is 72.1 Å². The van der Waals surface area contributed by atoms with Crippen LogP contribution in [0.1, 0.15) is 28.4 Å². The lowest BCUT2D eigenvalue weighted by Gasteiger charge is -2.11. The van der Waals surface area contributed by atoms with E-state index in [-0.39, 0.29) is 5.91 Å². The van der Waals surface area contributed by atoms with Crippen molar-refractivity contribution < 1.29 is 4.79 Å². The molecule has 0 radical (unpaired) electrons. The fourth-order valence-corrected chi connectivity index (χ4v) is 3.27. The third-order valence-electron chi connectivity index (χ3n) is 4.59. The van der Waals surface area contributed by atoms with Crippen LogP contribution >= 0.6 is 0 Å². The van der Waals surface area contributed by atoms with Crippen LogP contribution in [0, 0.1) is 0 Å². The van der Waals surface area contributed by atoms with Gasteiger partial charge in [0.25, 0.3) is 5.91 Å². The molecule has 0 saturated carbocycles. The molecule has 1 atom stereocenters. The van der Waals surface area contributed by atoms with E-state index in [9.17, 15) is 4.79 Å². The van der Waals surface area contributed by atoms with Gasteiger partial charge in [0.15, 0.2) is 0 Å². The Kier molecular flexibility index (Phi) is 3.97. The highest BCUT2D eigenvalue weighted by Gasteiger charge is 2.16. The van der Waals surface area contributed by atoms with Crippen LogP contribution < -0.4 is 10.6 Å². The van der Waals surface area contributed by atoms with Crippen molar-refractivity contribution in [1.82, 2.24) is 10.3 Å². The number of carbonyl (C=O) groups excluding carboxylic acids is 1. The van der Waals surface area contributed by atoms with Gasteiger partial charge < -0.3 is 10.6 Å². The Morgan fingerprint density at radius 2 is 1.92 bits per heavy atom. The van der Waals surface area contributed by atoms with Crippen LogP contribution in [0.15, 0.2) is 60.8 Å². The predicted octanol–water partition coefficient (Wildman–Crippen LogP) is 3.56. The average molecular weight is 317 g/mol. The molecule has 2 N–H and O–H groups in total. The van der Waals surface area contributed by atoms with Gasteiger partial charge in [0.05, 0.1) is 0 Å². The second kappa shape index (κ2) is 6.42. The molecule has 0 aliphatic carbocycles. The number of benzene rings is 2. The molecule has 1 aromatic heterocycles. The Balaban J connectivity index is 1.55. The quantitative estimate of drug-likeness (QED) is 0.776. The Labute approximate surface area is 140 Å². The maximum Gasteiger partial charge on any atom is 0.274 e. The summed E-state index contributed by atoms with van der Waals surface area (Å²) in [7, 11) is 0. The van der Waals surface area contributed by atoms with Crippen molar-refractivity contribution in [2.75, 3.05) is 18.4 Å².